The van der Waals surface area contributed by atoms with E-state index in [1.807, 2.05) is 13.8 Å². The van der Waals surface area contributed by atoms with Crippen LogP contribution in [0.3, 0.4) is 0 Å². The Labute approximate surface area is 150 Å². The Balaban J connectivity index is 1.74. The normalized spacial score (nSPS) is 30.9. The second kappa shape index (κ2) is 6.02. The summed E-state index contributed by atoms with van der Waals surface area (Å²) in [5, 5.41) is 0. The highest BCUT2D eigenvalue weighted by Crippen LogP contribution is 2.48. The van der Waals surface area contributed by atoms with E-state index < -0.39 is 30.1 Å². The molecule has 0 aliphatic carbocycles. The molecule has 0 bridgehead atoms. The number of hydrogen-bond acceptors (Lipinski definition) is 8. The predicted octanol–water partition coefficient (Wildman–Crippen LogP) is 1.71. The molecule has 0 spiro atoms. The third-order valence-electron chi connectivity index (χ3n) is 4.82. The Bertz CT molecular complexity index is 771. The molecule has 8 heteroatoms. The molecule has 3 aliphatic rings. The molecule has 4 atom stereocenters. The topological polar surface area (TPSA) is 89.5 Å². The van der Waals surface area contributed by atoms with Gasteiger partial charge in [0, 0.05) is 0 Å². The second-order valence-corrected chi connectivity index (χ2v) is 6.88. The predicted molar refractivity (Wildman–Crippen MR) is 85.3 cm³/mol. The van der Waals surface area contributed by atoms with E-state index in [1.165, 1.54) is 14.2 Å². The summed E-state index contributed by atoms with van der Waals surface area (Å²) in [4.78, 5) is 24.2. The Morgan fingerprint density at radius 3 is 2.35 bits per heavy atom. The van der Waals surface area contributed by atoms with Gasteiger partial charge in [-0.1, -0.05) is 0 Å². The number of methoxy groups -OCH3 is 2. The van der Waals surface area contributed by atoms with E-state index in [2.05, 4.69) is 0 Å². The maximum atomic E-state index is 12.2. The van der Waals surface area contributed by atoms with Gasteiger partial charge in [0.1, 0.15) is 18.3 Å². The zero-order chi connectivity index (χ0) is 18.6. The molecule has 1 aromatic carbocycles. The van der Waals surface area contributed by atoms with E-state index in [9.17, 15) is 9.59 Å². The molecule has 0 unspecified atom stereocenters. The fourth-order valence-corrected chi connectivity index (χ4v) is 3.71. The van der Waals surface area contributed by atoms with Gasteiger partial charge in [-0.15, -0.1) is 0 Å². The van der Waals surface area contributed by atoms with Gasteiger partial charge in [0.05, 0.1) is 32.0 Å². The molecule has 140 valence electrons. The van der Waals surface area contributed by atoms with Crippen LogP contribution in [0.25, 0.3) is 0 Å². The Hall–Kier alpha value is -2.00. The number of ether oxygens (including phenoxy) is 6. The highest BCUT2D eigenvalue weighted by Gasteiger charge is 2.57. The summed E-state index contributed by atoms with van der Waals surface area (Å²) in [6, 6.07) is 3.20. The van der Waals surface area contributed by atoms with E-state index in [0.717, 1.165) is 11.1 Å². The van der Waals surface area contributed by atoms with Crippen LogP contribution in [-0.2, 0) is 35.0 Å². The maximum absolute atomic E-state index is 12.2. The van der Waals surface area contributed by atoms with Gasteiger partial charge in [-0.05, 0) is 37.1 Å². The minimum Gasteiger partial charge on any atom is -0.465 e. The summed E-state index contributed by atoms with van der Waals surface area (Å²) in [5.41, 5.74) is 1.76. The zero-order valence-corrected chi connectivity index (χ0v) is 14.9. The summed E-state index contributed by atoms with van der Waals surface area (Å²) in [7, 11) is 2.52. The average molecular weight is 364 g/mol. The fourth-order valence-electron chi connectivity index (χ4n) is 3.71. The molecule has 4 rings (SSSR count). The van der Waals surface area contributed by atoms with E-state index in [1.54, 1.807) is 12.1 Å². The smallest absolute Gasteiger partial charge is 0.338 e. The molecule has 0 aromatic heterocycles. The van der Waals surface area contributed by atoms with Crippen molar-refractivity contribution in [3.8, 4) is 0 Å². The molecular weight excluding hydrogens is 344 g/mol. The molecule has 2 fully saturated rings. The Morgan fingerprint density at radius 2 is 1.69 bits per heavy atom. The number of rotatable bonds is 2. The number of fused-ring (bicyclic) bond motifs is 5. The van der Waals surface area contributed by atoms with E-state index in [-0.39, 0.29) is 29.9 Å². The van der Waals surface area contributed by atoms with Gasteiger partial charge >= 0.3 is 11.9 Å². The van der Waals surface area contributed by atoms with Crippen LogP contribution in [0.5, 0.6) is 0 Å². The van der Waals surface area contributed by atoms with Crippen molar-refractivity contribution in [2.75, 3.05) is 14.2 Å². The lowest BCUT2D eigenvalue weighted by atomic mass is 9.90. The third-order valence-corrected chi connectivity index (χ3v) is 4.82. The molecule has 3 heterocycles. The summed E-state index contributed by atoms with van der Waals surface area (Å²) < 4.78 is 33.2. The maximum Gasteiger partial charge on any atom is 0.338 e. The molecule has 0 N–H and O–H groups in total. The lowest BCUT2D eigenvalue weighted by Crippen LogP contribution is -2.36. The van der Waals surface area contributed by atoms with Crippen molar-refractivity contribution in [2.45, 2.75) is 50.8 Å². The van der Waals surface area contributed by atoms with Gasteiger partial charge in [0.25, 0.3) is 0 Å². The van der Waals surface area contributed by atoms with Gasteiger partial charge in [0.2, 0.25) is 0 Å². The monoisotopic (exact) mass is 364 g/mol. The van der Waals surface area contributed by atoms with Crippen molar-refractivity contribution in [1.82, 2.24) is 0 Å². The largest absolute Gasteiger partial charge is 0.465 e. The summed E-state index contributed by atoms with van der Waals surface area (Å²) >= 11 is 0. The fraction of sp³-hybridized carbons (Fsp3) is 0.556. The van der Waals surface area contributed by atoms with Gasteiger partial charge in [0.15, 0.2) is 12.1 Å². The van der Waals surface area contributed by atoms with Crippen LogP contribution in [0, 0.1) is 0 Å². The minimum absolute atomic E-state index is 0.126. The molecule has 0 radical (unpaired) electrons. The Morgan fingerprint density at radius 1 is 1.04 bits per heavy atom. The average Bonchev–Trinajstić information content (AvgIpc) is 3.10. The first kappa shape index (κ1) is 17.4. The number of benzene rings is 1. The first-order valence-corrected chi connectivity index (χ1v) is 8.31. The zero-order valence-electron chi connectivity index (χ0n) is 14.9. The number of hydrogen-bond donors (Lipinski definition) is 0. The lowest BCUT2D eigenvalue weighted by molar-refractivity contribution is -0.223. The van der Waals surface area contributed by atoms with Gasteiger partial charge in [-0.2, -0.15) is 0 Å². The molecule has 2 saturated heterocycles. The van der Waals surface area contributed by atoms with Crippen LogP contribution in [0.2, 0.25) is 0 Å². The summed E-state index contributed by atoms with van der Waals surface area (Å²) in [6.45, 7) is 3.90. The minimum atomic E-state index is -0.740. The number of carbonyl (C=O) groups excluding carboxylic acids is 2. The van der Waals surface area contributed by atoms with Gasteiger partial charge < -0.3 is 28.4 Å². The number of esters is 2. The summed E-state index contributed by atoms with van der Waals surface area (Å²) in [5.74, 6) is -1.98. The molecule has 8 nitrogen and oxygen atoms in total. The first-order chi connectivity index (χ1) is 12.3. The Kier molecular flexibility index (Phi) is 4.03. The summed E-state index contributed by atoms with van der Waals surface area (Å²) in [6.07, 6.45) is -1.72. The van der Waals surface area contributed by atoms with Crippen LogP contribution in [0.1, 0.15) is 51.8 Å². The highest BCUT2D eigenvalue weighted by atomic mass is 16.8. The van der Waals surface area contributed by atoms with Crippen LogP contribution < -0.4 is 0 Å². The number of carbonyl (C=O) groups is 2. The molecule has 3 aliphatic heterocycles. The lowest BCUT2D eigenvalue weighted by Gasteiger charge is -2.31. The van der Waals surface area contributed by atoms with Crippen molar-refractivity contribution in [1.29, 1.82) is 0 Å². The van der Waals surface area contributed by atoms with Crippen molar-refractivity contribution in [3.63, 3.8) is 0 Å². The van der Waals surface area contributed by atoms with Crippen molar-refractivity contribution >= 4 is 11.9 Å². The third kappa shape index (κ3) is 2.61. The molecule has 26 heavy (non-hydrogen) atoms. The highest BCUT2D eigenvalue weighted by molar-refractivity contribution is 6.03. The first-order valence-electron chi connectivity index (χ1n) is 8.31. The van der Waals surface area contributed by atoms with E-state index >= 15 is 0 Å². The molecule has 0 saturated carbocycles. The van der Waals surface area contributed by atoms with E-state index in [0.29, 0.717) is 0 Å². The SMILES string of the molecule is COC(=O)c1cc2c(cc1C(=O)OC)[C@H]1O[C@@H]3OC(C)(C)O[C@@H]3[C@H]1OC2. The molecule has 0 amide bonds. The molecule has 1 aromatic rings. The van der Waals surface area contributed by atoms with Crippen LogP contribution in [0.15, 0.2) is 12.1 Å². The van der Waals surface area contributed by atoms with E-state index in [4.69, 9.17) is 28.4 Å². The van der Waals surface area contributed by atoms with Crippen LogP contribution >= 0.6 is 0 Å². The molecular formula is C18H20O8. The van der Waals surface area contributed by atoms with Crippen molar-refractivity contribution in [3.05, 3.63) is 34.4 Å². The quantitative estimate of drug-likeness (QED) is 0.733. The second-order valence-electron chi connectivity index (χ2n) is 6.88. The van der Waals surface area contributed by atoms with Gasteiger partial charge in [-0.25, -0.2) is 9.59 Å². The van der Waals surface area contributed by atoms with Crippen molar-refractivity contribution in [2.24, 2.45) is 0 Å². The van der Waals surface area contributed by atoms with Crippen molar-refractivity contribution < 1.29 is 38.0 Å². The standard InChI is InChI=1S/C18H20O8/c1-18(2)25-14-13-12(24-17(14)26-18)9-6-11(16(20)22-4)10(15(19)21-3)5-8(9)7-23-13/h5-6,12-14,17H,7H2,1-4H3/t12-,13+,14-,17-/m1/s1. The van der Waals surface area contributed by atoms with Crippen LogP contribution in [0.4, 0.5) is 0 Å². The van der Waals surface area contributed by atoms with Crippen LogP contribution in [-0.4, -0.2) is 50.4 Å². The van der Waals surface area contributed by atoms with Gasteiger partial charge in [-0.3, -0.25) is 0 Å².